The summed E-state index contributed by atoms with van der Waals surface area (Å²) in [7, 11) is 0. The van der Waals surface area contributed by atoms with E-state index >= 15 is 0 Å². The van der Waals surface area contributed by atoms with Gasteiger partial charge in [-0.25, -0.2) is 0 Å². The molecule has 9 unspecified atom stereocenters. The van der Waals surface area contributed by atoms with E-state index in [-0.39, 0.29) is 44.4 Å². The predicted molar refractivity (Wildman–Crippen MR) is 270 cm³/mol. The molecular formula is C54H81N3O20. The van der Waals surface area contributed by atoms with Crippen LogP contribution in [0, 0.1) is 17.8 Å². The number of hydrogen-bond acceptors (Lipinski definition) is 20. The fourth-order valence-corrected chi connectivity index (χ4v) is 11.7. The van der Waals surface area contributed by atoms with Crippen LogP contribution in [0.25, 0.3) is 6.08 Å². The van der Waals surface area contributed by atoms with Gasteiger partial charge in [-0.3, -0.25) is 14.4 Å². The first-order valence-electron chi connectivity index (χ1n) is 27.5. The smallest absolute Gasteiger partial charge is 0.251 e. The van der Waals surface area contributed by atoms with Crippen molar-refractivity contribution in [2.75, 3.05) is 46.1 Å². The third-order valence-corrected chi connectivity index (χ3v) is 16.3. The first-order chi connectivity index (χ1) is 37.0. The number of likely N-dealkylation sites (tertiary alicyclic amines) is 1. The molecule has 0 bridgehead atoms. The fourth-order valence-electron chi connectivity index (χ4n) is 11.7. The lowest BCUT2D eigenvalue weighted by Crippen LogP contribution is -2.67. The monoisotopic (exact) mass is 1090 g/mol. The van der Waals surface area contributed by atoms with Crippen molar-refractivity contribution in [1.29, 1.82) is 0 Å². The molecule has 5 heterocycles. The van der Waals surface area contributed by atoms with Gasteiger partial charge in [0.05, 0.1) is 44.7 Å². The number of nitrogens with one attached hydrogen (secondary N) is 2. The summed E-state index contributed by atoms with van der Waals surface area (Å²) in [6.07, 6.45) is -14.2. The summed E-state index contributed by atoms with van der Waals surface area (Å²) in [6.45, 7) is 8.02. The Morgan fingerprint density at radius 1 is 0.792 bits per heavy atom. The summed E-state index contributed by atoms with van der Waals surface area (Å²) in [5.74, 6) is -1.34. The fraction of sp³-hybridized carbons (Fsp3) is 0.759. The van der Waals surface area contributed by atoms with Crippen LogP contribution in [0.1, 0.15) is 90.5 Å². The minimum Gasteiger partial charge on any atom is -0.457 e. The van der Waals surface area contributed by atoms with Gasteiger partial charge in [0, 0.05) is 43.6 Å². The molecule has 7 aliphatic rings. The van der Waals surface area contributed by atoms with Crippen LogP contribution in [0.2, 0.25) is 0 Å². The standard InChI is InChI=1S/C54H81N3O20/c1-5-31-21-33(50(67)55-16-19-69-53-46(66)49(43(63)39(25-59)76-53)70-26-34-22-32-14-9-10-15-35(32)71-27(34)2)23-36(47(31)77-54-45(65)44(64)41(61)28(3)72-54)74-52-40(56-29(4)60)48(42(62)38(24-58)75-52)73-37(51(68)57-17-11-18-57)20-30-12-7-6-8-13-30/h9-10,14-15,22,28,30-31,33,36-49,52-54,58-59,61-66H,2,5-8,11-13,16-21,23-26H2,1,3-4H3,(H,55,67)(H,56,60)/t28?,31?,33?,36-,37+,38+,39?,40?,41-,42+,43-,44+,45?,46?,47-,48?,49?,52-,53+,54+/m1/s1. The Morgan fingerprint density at radius 3 is 2.17 bits per heavy atom. The van der Waals surface area contributed by atoms with Crippen molar-refractivity contribution in [3.8, 4) is 5.75 Å². The van der Waals surface area contributed by atoms with Crippen LogP contribution < -0.4 is 15.4 Å². The van der Waals surface area contributed by atoms with Crippen LogP contribution in [0.4, 0.5) is 0 Å². The average Bonchev–Trinajstić information content (AvgIpc) is 3.41. The van der Waals surface area contributed by atoms with Crippen LogP contribution in [-0.2, 0) is 52.3 Å². The molecule has 0 aromatic heterocycles. The number of hydrogen-bond donors (Lipinski definition) is 10. The highest BCUT2D eigenvalue weighted by atomic mass is 16.7. The second-order valence-electron chi connectivity index (χ2n) is 21.6. The molecule has 2 saturated carbocycles. The number of para-hydroxylation sites is 1. The maximum absolute atomic E-state index is 14.3. The number of carbonyl (C=O) groups excluding carboxylic acids is 3. The molecule has 77 heavy (non-hydrogen) atoms. The first kappa shape index (κ1) is 59.4. The van der Waals surface area contributed by atoms with Gasteiger partial charge in [-0.15, -0.1) is 0 Å². The number of carbonyl (C=O) groups is 3. The Balaban J connectivity index is 0.976. The summed E-state index contributed by atoms with van der Waals surface area (Å²) in [5, 5.41) is 93.1. The highest BCUT2D eigenvalue weighted by Crippen LogP contribution is 2.41. The first-order valence-corrected chi connectivity index (χ1v) is 27.5. The van der Waals surface area contributed by atoms with Gasteiger partial charge in [-0.05, 0) is 56.6 Å². The van der Waals surface area contributed by atoms with E-state index in [1.807, 2.05) is 31.2 Å². The van der Waals surface area contributed by atoms with Crippen LogP contribution in [0.5, 0.6) is 5.75 Å². The van der Waals surface area contributed by atoms with Gasteiger partial charge in [-0.1, -0.05) is 70.2 Å². The zero-order valence-electron chi connectivity index (χ0n) is 44.2. The van der Waals surface area contributed by atoms with Crippen LogP contribution in [-0.4, -0.2) is 220 Å². The number of aliphatic hydroxyl groups is 8. The summed E-state index contributed by atoms with van der Waals surface area (Å²) in [6, 6.07) is 6.06. The number of amides is 3. The van der Waals surface area contributed by atoms with E-state index in [2.05, 4.69) is 17.2 Å². The van der Waals surface area contributed by atoms with Gasteiger partial charge in [0.2, 0.25) is 11.8 Å². The molecule has 3 amide bonds. The van der Waals surface area contributed by atoms with Crippen LogP contribution in [0.3, 0.4) is 0 Å². The van der Waals surface area contributed by atoms with Gasteiger partial charge in [0.15, 0.2) is 18.9 Å². The Morgan fingerprint density at radius 2 is 1.49 bits per heavy atom. The molecule has 4 saturated heterocycles. The molecule has 1 aromatic carbocycles. The summed E-state index contributed by atoms with van der Waals surface area (Å²) in [5.41, 5.74) is 1.36. The van der Waals surface area contributed by atoms with E-state index in [0.717, 1.165) is 44.1 Å². The molecule has 5 aliphatic heterocycles. The van der Waals surface area contributed by atoms with Gasteiger partial charge < -0.3 is 99.0 Å². The third kappa shape index (κ3) is 14.1. The molecule has 23 nitrogen and oxygen atoms in total. The molecule has 6 fully saturated rings. The molecular weight excluding hydrogens is 1010 g/mol. The Labute approximate surface area is 448 Å². The van der Waals surface area contributed by atoms with Crippen molar-refractivity contribution in [2.24, 2.45) is 17.8 Å². The number of benzene rings is 1. The molecule has 23 heteroatoms. The van der Waals surface area contributed by atoms with E-state index in [1.165, 1.54) is 13.8 Å². The van der Waals surface area contributed by atoms with E-state index < -0.39 is 147 Å². The van der Waals surface area contributed by atoms with Gasteiger partial charge in [0.25, 0.3) is 5.91 Å². The van der Waals surface area contributed by atoms with Gasteiger partial charge >= 0.3 is 0 Å². The number of nitrogens with zero attached hydrogens (tertiary/aromatic N) is 1. The lowest BCUT2D eigenvalue weighted by atomic mass is 9.75. The van der Waals surface area contributed by atoms with Crippen molar-refractivity contribution >= 4 is 23.8 Å². The van der Waals surface area contributed by atoms with E-state index in [0.29, 0.717) is 43.0 Å². The molecule has 1 aromatic rings. The van der Waals surface area contributed by atoms with Gasteiger partial charge in [-0.2, -0.15) is 0 Å². The van der Waals surface area contributed by atoms with Crippen molar-refractivity contribution in [2.45, 2.75) is 195 Å². The van der Waals surface area contributed by atoms with E-state index in [9.17, 15) is 55.2 Å². The highest BCUT2D eigenvalue weighted by Gasteiger charge is 2.53. The zero-order valence-corrected chi connectivity index (χ0v) is 44.2. The van der Waals surface area contributed by atoms with Crippen molar-refractivity contribution in [3.05, 3.63) is 47.7 Å². The largest absolute Gasteiger partial charge is 0.457 e. The topological polar surface area (TPSA) is 323 Å². The normalized spacial score (nSPS) is 38.1. The van der Waals surface area contributed by atoms with Crippen LogP contribution >= 0.6 is 0 Å². The Kier molecular flexibility index (Phi) is 20.9. The third-order valence-electron chi connectivity index (χ3n) is 16.3. The average molecular weight is 1090 g/mol. The molecule has 2 aliphatic carbocycles. The maximum atomic E-state index is 14.3. The van der Waals surface area contributed by atoms with E-state index in [1.54, 1.807) is 11.0 Å². The Hall–Kier alpha value is -3.73. The second kappa shape index (κ2) is 27.2. The van der Waals surface area contributed by atoms with Crippen molar-refractivity contribution in [3.63, 3.8) is 0 Å². The molecule has 10 N–H and O–H groups in total. The molecule has 20 atom stereocenters. The summed E-state index contributed by atoms with van der Waals surface area (Å²) < 4.78 is 55.6. The van der Waals surface area contributed by atoms with Crippen molar-refractivity contribution in [1.82, 2.24) is 15.5 Å². The minimum atomic E-state index is -1.69. The van der Waals surface area contributed by atoms with Crippen LogP contribution in [0.15, 0.2) is 42.2 Å². The van der Waals surface area contributed by atoms with Gasteiger partial charge in [0.1, 0.15) is 84.7 Å². The van der Waals surface area contributed by atoms with Crippen molar-refractivity contribution < 1.29 is 97.9 Å². The lowest BCUT2D eigenvalue weighted by Gasteiger charge is -2.49. The second-order valence-corrected chi connectivity index (χ2v) is 21.6. The Bertz CT molecular complexity index is 2160. The quantitative estimate of drug-likeness (QED) is 0.0695. The predicted octanol–water partition coefficient (Wildman–Crippen LogP) is -0.493. The summed E-state index contributed by atoms with van der Waals surface area (Å²) in [4.78, 5) is 43.1. The molecule has 0 radical (unpaired) electrons. The van der Waals surface area contributed by atoms with E-state index in [4.69, 9.17) is 42.6 Å². The molecule has 432 valence electrons. The molecule has 8 rings (SSSR count). The number of aliphatic hydroxyl groups excluding tert-OH is 8. The minimum absolute atomic E-state index is 0.0568. The summed E-state index contributed by atoms with van der Waals surface area (Å²) >= 11 is 0. The molecule has 0 spiro atoms. The highest BCUT2D eigenvalue weighted by molar-refractivity contribution is 5.81. The lowest BCUT2D eigenvalue weighted by molar-refractivity contribution is -0.338. The number of rotatable bonds is 21. The number of ether oxygens (including phenoxy) is 9. The zero-order chi connectivity index (χ0) is 55.1. The SMILES string of the molecule is C=C1Oc2ccccc2C=C1COC1C(O)[C@@H](OCCNC(=O)C2CC(CC)[C@@H](O[C@@H]3OC(C)[C@@H](O)[C@H](O)C3O)[C@H](O[C@@H]3O[C@@H](CO)[C@H](O)C(O[C@@H](CC4CCCCC4)C(=O)N4CCC4)C3NC(C)=O)C2)OC(CO)[C@H]1O. The number of fused-ring (bicyclic) bond motifs is 1. The maximum Gasteiger partial charge on any atom is 0.251 e.